The van der Waals surface area contributed by atoms with Crippen molar-refractivity contribution in [3.8, 4) is 0 Å². The van der Waals surface area contributed by atoms with Crippen molar-refractivity contribution in [2.24, 2.45) is 0 Å². The zero-order valence-corrected chi connectivity index (χ0v) is 14.4. The van der Waals surface area contributed by atoms with Gasteiger partial charge < -0.3 is 10.4 Å². The van der Waals surface area contributed by atoms with Crippen LogP contribution in [0, 0.1) is 20.2 Å². The van der Waals surface area contributed by atoms with Gasteiger partial charge in [0.05, 0.1) is 15.9 Å². The molecule has 0 aliphatic heterocycles. The summed E-state index contributed by atoms with van der Waals surface area (Å²) in [7, 11) is 0. The highest BCUT2D eigenvalue weighted by Gasteiger charge is 2.24. The van der Waals surface area contributed by atoms with Crippen molar-refractivity contribution in [1.29, 1.82) is 0 Å². The second-order valence-electron chi connectivity index (χ2n) is 5.98. The SMILES string of the molecule is O=C(O)C(CCCCc1ccccc1)Nc1ccc([N+](=O)[O-])cc1[N+](=O)[O-]. The average molecular weight is 373 g/mol. The van der Waals surface area contributed by atoms with Crippen LogP contribution in [0.25, 0.3) is 0 Å². The summed E-state index contributed by atoms with van der Waals surface area (Å²) in [6, 6.07) is 11.8. The molecule has 2 N–H and O–H groups in total. The summed E-state index contributed by atoms with van der Waals surface area (Å²) in [5, 5.41) is 34.0. The number of non-ortho nitro benzene ring substituents is 1. The summed E-state index contributed by atoms with van der Waals surface area (Å²) in [4.78, 5) is 31.9. The number of rotatable bonds is 10. The zero-order chi connectivity index (χ0) is 19.8. The molecule has 2 aromatic carbocycles. The molecule has 0 heterocycles. The van der Waals surface area contributed by atoms with Crippen molar-refractivity contribution in [3.05, 3.63) is 74.3 Å². The lowest BCUT2D eigenvalue weighted by Crippen LogP contribution is -2.29. The summed E-state index contributed by atoms with van der Waals surface area (Å²) < 4.78 is 0. The molecule has 142 valence electrons. The number of hydrogen-bond acceptors (Lipinski definition) is 6. The van der Waals surface area contributed by atoms with E-state index in [1.165, 1.54) is 0 Å². The van der Waals surface area contributed by atoms with E-state index < -0.39 is 33.2 Å². The number of nitro groups is 2. The number of unbranched alkanes of at least 4 members (excludes halogenated alkanes) is 1. The van der Waals surface area contributed by atoms with Crippen LogP contribution in [-0.4, -0.2) is 27.0 Å². The fraction of sp³-hybridized carbons (Fsp3) is 0.278. The molecule has 0 aliphatic rings. The fourth-order valence-electron chi connectivity index (χ4n) is 2.67. The van der Waals surface area contributed by atoms with Crippen LogP contribution in [0.5, 0.6) is 0 Å². The highest BCUT2D eigenvalue weighted by molar-refractivity contribution is 5.79. The summed E-state index contributed by atoms with van der Waals surface area (Å²) >= 11 is 0. The van der Waals surface area contributed by atoms with Gasteiger partial charge in [-0.3, -0.25) is 20.2 Å². The molecule has 0 amide bonds. The van der Waals surface area contributed by atoms with Crippen molar-refractivity contribution in [2.75, 3.05) is 5.32 Å². The molecule has 0 saturated carbocycles. The number of nitrogens with zero attached hydrogens (tertiary/aromatic N) is 2. The number of carboxylic acid groups (broad SMARTS) is 1. The molecule has 2 rings (SSSR count). The first-order valence-corrected chi connectivity index (χ1v) is 8.34. The third-order valence-electron chi connectivity index (χ3n) is 4.07. The Bertz CT molecular complexity index is 825. The monoisotopic (exact) mass is 373 g/mol. The van der Waals surface area contributed by atoms with Crippen LogP contribution in [0.2, 0.25) is 0 Å². The molecular weight excluding hydrogens is 354 g/mol. The summed E-state index contributed by atoms with van der Waals surface area (Å²) in [5.74, 6) is -1.14. The highest BCUT2D eigenvalue weighted by atomic mass is 16.6. The van der Waals surface area contributed by atoms with Crippen LogP contribution in [0.1, 0.15) is 24.8 Å². The molecular formula is C18H19N3O6. The van der Waals surface area contributed by atoms with E-state index in [9.17, 15) is 30.1 Å². The first-order chi connectivity index (χ1) is 12.9. The summed E-state index contributed by atoms with van der Waals surface area (Å²) in [6.07, 6.45) is 2.47. The number of benzene rings is 2. The minimum absolute atomic E-state index is 0.0546. The first kappa shape index (κ1) is 19.8. The maximum atomic E-state index is 11.5. The van der Waals surface area contributed by atoms with Gasteiger partial charge in [-0.05, 0) is 30.9 Å². The Hall–Kier alpha value is -3.49. The van der Waals surface area contributed by atoms with E-state index in [-0.39, 0.29) is 12.1 Å². The lowest BCUT2D eigenvalue weighted by molar-refractivity contribution is -0.393. The Kier molecular flexibility index (Phi) is 6.81. The topological polar surface area (TPSA) is 136 Å². The molecule has 0 aliphatic carbocycles. The van der Waals surface area contributed by atoms with Gasteiger partial charge in [0.2, 0.25) is 0 Å². The largest absolute Gasteiger partial charge is 0.480 e. The van der Waals surface area contributed by atoms with Crippen molar-refractivity contribution < 1.29 is 19.7 Å². The Morgan fingerprint density at radius 1 is 1.04 bits per heavy atom. The summed E-state index contributed by atoms with van der Waals surface area (Å²) in [6.45, 7) is 0. The van der Waals surface area contributed by atoms with Gasteiger partial charge in [-0.15, -0.1) is 0 Å². The second kappa shape index (κ2) is 9.27. The van der Waals surface area contributed by atoms with Gasteiger partial charge >= 0.3 is 5.97 Å². The Morgan fingerprint density at radius 2 is 1.74 bits per heavy atom. The van der Waals surface area contributed by atoms with Gasteiger partial charge in [-0.25, -0.2) is 4.79 Å². The predicted octanol–water partition coefficient (Wildman–Crippen LogP) is 3.78. The van der Waals surface area contributed by atoms with Crippen LogP contribution in [-0.2, 0) is 11.2 Å². The van der Waals surface area contributed by atoms with Crippen LogP contribution < -0.4 is 5.32 Å². The molecule has 9 nitrogen and oxygen atoms in total. The number of anilines is 1. The molecule has 0 spiro atoms. The van der Waals surface area contributed by atoms with Crippen LogP contribution >= 0.6 is 0 Å². The quantitative estimate of drug-likeness (QED) is 0.367. The number of nitrogens with one attached hydrogen (secondary N) is 1. The Labute approximate surface area is 154 Å². The third kappa shape index (κ3) is 5.77. The highest BCUT2D eigenvalue weighted by Crippen LogP contribution is 2.30. The van der Waals surface area contributed by atoms with Crippen molar-refractivity contribution in [3.63, 3.8) is 0 Å². The smallest absolute Gasteiger partial charge is 0.326 e. The number of hydrogen-bond donors (Lipinski definition) is 2. The number of carboxylic acids is 1. The van der Waals surface area contributed by atoms with E-state index in [0.29, 0.717) is 6.42 Å². The standard InChI is InChI=1S/C18H19N3O6/c22-18(23)16(9-5-4-8-13-6-2-1-3-7-13)19-15-11-10-14(20(24)25)12-17(15)21(26)27/h1-3,6-7,10-12,16,19H,4-5,8-9H2,(H,22,23). The van der Waals surface area contributed by atoms with Gasteiger partial charge in [-0.2, -0.15) is 0 Å². The molecule has 1 atom stereocenters. The Balaban J connectivity index is 2.02. The zero-order valence-electron chi connectivity index (χ0n) is 14.4. The lowest BCUT2D eigenvalue weighted by Gasteiger charge is -2.15. The molecule has 0 radical (unpaired) electrons. The number of aliphatic carboxylic acids is 1. The maximum absolute atomic E-state index is 11.5. The van der Waals surface area contributed by atoms with Crippen LogP contribution in [0.4, 0.5) is 17.1 Å². The molecule has 1 unspecified atom stereocenters. The molecule has 2 aromatic rings. The van der Waals surface area contributed by atoms with Crippen LogP contribution in [0.15, 0.2) is 48.5 Å². The first-order valence-electron chi connectivity index (χ1n) is 8.34. The van der Waals surface area contributed by atoms with Gasteiger partial charge in [0.1, 0.15) is 11.7 Å². The molecule has 9 heteroatoms. The minimum atomic E-state index is -1.14. The van der Waals surface area contributed by atoms with Gasteiger partial charge in [0.15, 0.2) is 0 Å². The summed E-state index contributed by atoms with van der Waals surface area (Å²) in [5.41, 5.74) is 0.145. The normalized spacial score (nSPS) is 11.6. The van der Waals surface area contributed by atoms with E-state index in [4.69, 9.17) is 0 Å². The molecule has 27 heavy (non-hydrogen) atoms. The van der Waals surface area contributed by atoms with Crippen molar-refractivity contribution >= 4 is 23.0 Å². The Morgan fingerprint density at radius 3 is 2.33 bits per heavy atom. The van der Waals surface area contributed by atoms with E-state index >= 15 is 0 Å². The van der Waals surface area contributed by atoms with E-state index in [2.05, 4.69) is 5.32 Å². The molecule has 0 aromatic heterocycles. The predicted molar refractivity (Wildman–Crippen MR) is 98.8 cm³/mol. The molecule has 0 fully saturated rings. The lowest BCUT2D eigenvalue weighted by atomic mass is 10.0. The van der Waals surface area contributed by atoms with Crippen LogP contribution in [0.3, 0.4) is 0 Å². The van der Waals surface area contributed by atoms with E-state index in [1.54, 1.807) is 0 Å². The maximum Gasteiger partial charge on any atom is 0.326 e. The van der Waals surface area contributed by atoms with Gasteiger partial charge in [0, 0.05) is 6.07 Å². The number of nitro benzene ring substituents is 2. The fourth-order valence-corrected chi connectivity index (χ4v) is 2.67. The molecule has 0 bridgehead atoms. The van der Waals surface area contributed by atoms with Gasteiger partial charge in [0.25, 0.3) is 11.4 Å². The molecule has 0 saturated heterocycles. The third-order valence-corrected chi connectivity index (χ3v) is 4.07. The van der Waals surface area contributed by atoms with Crippen molar-refractivity contribution in [1.82, 2.24) is 0 Å². The van der Waals surface area contributed by atoms with E-state index in [1.807, 2.05) is 30.3 Å². The number of aryl methyl sites for hydroxylation is 1. The van der Waals surface area contributed by atoms with Gasteiger partial charge in [-0.1, -0.05) is 36.8 Å². The average Bonchev–Trinajstić information content (AvgIpc) is 2.64. The van der Waals surface area contributed by atoms with E-state index in [0.717, 1.165) is 36.6 Å². The number of carbonyl (C=O) groups is 1. The van der Waals surface area contributed by atoms with Crippen molar-refractivity contribution in [2.45, 2.75) is 31.7 Å². The minimum Gasteiger partial charge on any atom is -0.480 e. The second-order valence-corrected chi connectivity index (χ2v) is 5.98.